The molecule has 1 N–H and O–H groups in total. The zero-order valence-corrected chi connectivity index (χ0v) is 15.9. The van der Waals surface area contributed by atoms with Gasteiger partial charge in [0.15, 0.2) is 11.5 Å². The van der Waals surface area contributed by atoms with Gasteiger partial charge in [0.25, 0.3) is 5.91 Å². The summed E-state index contributed by atoms with van der Waals surface area (Å²) in [4.78, 5) is 12.1. The molecule has 0 saturated heterocycles. The Labute approximate surface area is 164 Å². The second kappa shape index (κ2) is 9.37. The number of hydrogen-bond donors (Lipinski definition) is 1. The monoisotopic (exact) mass is 374 g/mol. The summed E-state index contributed by atoms with van der Waals surface area (Å²) in [6.07, 6.45) is 1.57. The lowest BCUT2D eigenvalue weighted by molar-refractivity contribution is 0.0955. The number of benzene rings is 3. The molecular formula is C23H22N2O3. The van der Waals surface area contributed by atoms with Crippen LogP contribution < -0.4 is 14.9 Å². The Kier molecular flexibility index (Phi) is 6.41. The van der Waals surface area contributed by atoms with Crippen LogP contribution in [-0.2, 0) is 6.61 Å². The van der Waals surface area contributed by atoms with Gasteiger partial charge in [0.1, 0.15) is 6.61 Å². The van der Waals surface area contributed by atoms with Gasteiger partial charge < -0.3 is 9.47 Å². The summed E-state index contributed by atoms with van der Waals surface area (Å²) in [7, 11) is 1.59. The average Bonchev–Trinajstić information content (AvgIpc) is 2.73. The number of carbonyl (C=O) groups excluding carboxylic acids is 1. The van der Waals surface area contributed by atoms with Gasteiger partial charge in [-0.15, -0.1) is 0 Å². The molecule has 0 atom stereocenters. The molecular weight excluding hydrogens is 352 g/mol. The normalized spacial score (nSPS) is 10.6. The molecule has 142 valence electrons. The van der Waals surface area contributed by atoms with E-state index in [0.717, 1.165) is 16.7 Å². The van der Waals surface area contributed by atoms with Gasteiger partial charge in [-0.05, 0) is 48.4 Å². The van der Waals surface area contributed by atoms with Gasteiger partial charge in [-0.3, -0.25) is 4.79 Å². The highest BCUT2D eigenvalue weighted by atomic mass is 16.5. The summed E-state index contributed by atoms with van der Waals surface area (Å²) >= 11 is 0. The SMILES string of the molecule is COc1cc(/C=N/NC(=O)c2cccc(C)c2)ccc1OCc1ccccc1. The number of hydrazone groups is 1. The first-order valence-corrected chi connectivity index (χ1v) is 8.90. The van der Waals surface area contributed by atoms with Gasteiger partial charge in [-0.2, -0.15) is 5.10 Å². The molecule has 0 bridgehead atoms. The van der Waals surface area contributed by atoms with Crippen LogP contribution in [0.3, 0.4) is 0 Å². The van der Waals surface area contributed by atoms with E-state index in [-0.39, 0.29) is 5.91 Å². The quantitative estimate of drug-likeness (QED) is 0.494. The number of nitrogens with one attached hydrogen (secondary N) is 1. The molecule has 0 fully saturated rings. The molecule has 3 rings (SSSR count). The number of hydrogen-bond acceptors (Lipinski definition) is 4. The predicted octanol–water partition coefficient (Wildman–Crippen LogP) is 4.35. The van der Waals surface area contributed by atoms with Crippen molar-refractivity contribution in [2.24, 2.45) is 5.10 Å². The van der Waals surface area contributed by atoms with Crippen molar-refractivity contribution < 1.29 is 14.3 Å². The maximum atomic E-state index is 12.1. The van der Waals surface area contributed by atoms with Crippen molar-refractivity contribution in [1.29, 1.82) is 0 Å². The van der Waals surface area contributed by atoms with Crippen molar-refractivity contribution in [2.75, 3.05) is 7.11 Å². The molecule has 5 nitrogen and oxygen atoms in total. The van der Waals surface area contributed by atoms with Crippen LogP contribution in [0.1, 0.15) is 27.0 Å². The first kappa shape index (κ1) is 19.2. The molecule has 28 heavy (non-hydrogen) atoms. The summed E-state index contributed by atoms with van der Waals surface area (Å²) in [5.74, 6) is 0.993. The minimum atomic E-state index is -0.255. The minimum Gasteiger partial charge on any atom is -0.493 e. The minimum absolute atomic E-state index is 0.255. The van der Waals surface area contributed by atoms with Gasteiger partial charge in [0.2, 0.25) is 0 Å². The van der Waals surface area contributed by atoms with Crippen LogP contribution in [0.15, 0.2) is 77.9 Å². The van der Waals surface area contributed by atoms with Crippen LogP contribution in [-0.4, -0.2) is 19.2 Å². The molecule has 0 radical (unpaired) electrons. The molecule has 0 aliphatic rings. The molecule has 3 aromatic rings. The Morgan fingerprint density at radius 3 is 2.57 bits per heavy atom. The number of methoxy groups -OCH3 is 1. The Balaban J connectivity index is 1.62. The van der Waals surface area contributed by atoms with Gasteiger partial charge in [-0.25, -0.2) is 5.43 Å². The van der Waals surface area contributed by atoms with E-state index in [1.54, 1.807) is 19.4 Å². The molecule has 0 unspecified atom stereocenters. The van der Waals surface area contributed by atoms with E-state index in [1.807, 2.05) is 73.7 Å². The summed E-state index contributed by atoms with van der Waals surface area (Å²) in [6.45, 7) is 2.39. The standard InChI is InChI=1S/C23H22N2O3/c1-17-7-6-10-20(13-17)23(26)25-24-15-19-11-12-21(22(14-19)27-2)28-16-18-8-4-3-5-9-18/h3-15H,16H2,1-2H3,(H,25,26)/b24-15+. The molecule has 3 aromatic carbocycles. The van der Waals surface area contributed by atoms with Crippen molar-refractivity contribution in [3.8, 4) is 11.5 Å². The Morgan fingerprint density at radius 1 is 1.00 bits per heavy atom. The maximum Gasteiger partial charge on any atom is 0.271 e. The fraction of sp³-hybridized carbons (Fsp3) is 0.130. The second-order valence-electron chi connectivity index (χ2n) is 6.25. The second-order valence-corrected chi connectivity index (χ2v) is 6.25. The molecule has 1 amide bonds. The number of nitrogens with zero attached hydrogens (tertiary/aromatic N) is 1. The third kappa shape index (κ3) is 5.20. The van der Waals surface area contributed by atoms with Crippen LogP contribution >= 0.6 is 0 Å². The lowest BCUT2D eigenvalue weighted by Crippen LogP contribution is -2.17. The molecule has 0 aliphatic heterocycles. The largest absolute Gasteiger partial charge is 0.493 e. The highest BCUT2D eigenvalue weighted by Crippen LogP contribution is 2.28. The van der Waals surface area contributed by atoms with Gasteiger partial charge >= 0.3 is 0 Å². The molecule has 5 heteroatoms. The van der Waals surface area contributed by atoms with E-state index in [0.29, 0.717) is 23.7 Å². The van der Waals surface area contributed by atoms with Crippen molar-refractivity contribution in [1.82, 2.24) is 5.43 Å². The first-order chi connectivity index (χ1) is 13.7. The number of amides is 1. The summed E-state index contributed by atoms with van der Waals surface area (Å²) in [5, 5.41) is 4.03. The summed E-state index contributed by atoms with van der Waals surface area (Å²) < 4.78 is 11.3. The Hall–Kier alpha value is -3.60. The molecule has 0 aliphatic carbocycles. The highest BCUT2D eigenvalue weighted by molar-refractivity contribution is 5.95. The predicted molar refractivity (Wildman–Crippen MR) is 110 cm³/mol. The van der Waals surface area contributed by atoms with Crippen LogP contribution in [0.5, 0.6) is 11.5 Å². The molecule has 0 spiro atoms. The van der Waals surface area contributed by atoms with E-state index in [2.05, 4.69) is 10.5 Å². The first-order valence-electron chi connectivity index (χ1n) is 8.90. The number of ether oxygens (including phenoxy) is 2. The van der Waals surface area contributed by atoms with Gasteiger partial charge in [-0.1, -0.05) is 48.0 Å². The maximum absolute atomic E-state index is 12.1. The third-order valence-electron chi connectivity index (χ3n) is 4.08. The molecule has 0 heterocycles. The lowest BCUT2D eigenvalue weighted by atomic mass is 10.1. The van der Waals surface area contributed by atoms with E-state index in [4.69, 9.17) is 9.47 Å². The van der Waals surface area contributed by atoms with Gasteiger partial charge in [0.05, 0.1) is 13.3 Å². The lowest BCUT2D eigenvalue weighted by Gasteiger charge is -2.11. The van der Waals surface area contributed by atoms with Crippen molar-refractivity contribution in [2.45, 2.75) is 13.5 Å². The fourth-order valence-electron chi connectivity index (χ4n) is 2.64. The van der Waals surface area contributed by atoms with Crippen LogP contribution in [0.4, 0.5) is 0 Å². The highest BCUT2D eigenvalue weighted by Gasteiger charge is 2.06. The van der Waals surface area contributed by atoms with Crippen LogP contribution in [0, 0.1) is 6.92 Å². The van der Waals surface area contributed by atoms with Crippen molar-refractivity contribution in [3.63, 3.8) is 0 Å². The summed E-state index contributed by atoms with van der Waals surface area (Å²) in [6, 6.07) is 22.7. The summed E-state index contributed by atoms with van der Waals surface area (Å²) in [5.41, 5.74) is 5.98. The zero-order chi connectivity index (χ0) is 19.8. The third-order valence-corrected chi connectivity index (χ3v) is 4.08. The average molecular weight is 374 g/mol. The molecule has 0 saturated carbocycles. The molecule has 0 aromatic heterocycles. The van der Waals surface area contributed by atoms with Crippen molar-refractivity contribution >= 4 is 12.1 Å². The van der Waals surface area contributed by atoms with Gasteiger partial charge in [0, 0.05) is 5.56 Å². The van der Waals surface area contributed by atoms with E-state index in [9.17, 15) is 4.79 Å². The Morgan fingerprint density at radius 2 is 1.82 bits per heavy atom. The Bertz CT molecular complexity index is 969. The van der Waals surface area contributed by atoms with Crippen LogP contribution in [0.2, 0.25) is 0 Å². The fourth-order valence-corrected chi connectivity index (χ4v) is 2.64. The van der Waals surface area contributed by atoms with E-state index >= 15 is 0 Å². The zero-order valence-electron chi connectivity index (χ0n) is 15.9. The number of carbonyl (C=O) groups is 1. The van der Waals surface area contributed by atoms with Crippen molar-refractivity contribution in [3.05, 3.63) is 95.1 Å². The topological polar surface area (TPSA) is 59.9 Å². The smallest absolute Gasteiger partial charge is 0.271 e. The van der Waals surface area contributed by atoms with Crippen LogP contribution in [0.25, 0.3) is 0 Å². The number of rotatable bonds is 7. The van der Waals surface area contributed by atoms with E-state index in [1.165, 1.54) is 0 Å². The number of aryl methyl sites for hydroxylation is 1. The van der Waals surface area contributed by atoms with E-state index < -0.39 is 0 Å².